The molecular weight excluding hydrogens is 512 g/mol. The van der Waals surface area contributed by atoms with Gasteiger partial charge in [-0.3, -0.25) is 4.79 Å². The summed E-state index contributed by atoms with van der Waals surface area (Å²) in [5.41, 5.74) is 3.74. The minimum atomic E-state index is -0.209. The van der Waals surface area contributed by atoms with E-state index >= 15 is 0 Å². The van der Waals surface area contributed by atoms with E-state index in [4.69, 9.17) is 16.3 Å². The van der Waals surface area contributed by atoms with Crippen LogP contribution in [0.2, 0.25) is 5.02 Å². The van der Waals surface area contributed by atoms with Crippen LogP contribution in [0.1, 0.15) is 107 Å². The zero-order chi connectivity index (χ0) is 27.0. The van der Waals surface area contributed by atoms with Gasteiger partial charge in [0, 0.05) is 17.9 Å². The van der Waals surface area contributed by atoms with Gasteiger partial charge in [-0.2, -0.15) is 0 Å². The molecule has 0 unspecified atom stereocenters. The van der Waals surface area contributed by atoms with Gasteiger partial charge in [0.25, 0.3) is 5.91 Å². The third-order valence-corrected chi connectivity index (χ3v) is 8.29. The molecule has 0 aliphatic carbocycles. The van der Waals surface area contributed by atoms with E-state index in [-0.39, 0.29) is 5.91 Å². The summed E-state index contributed by atoms with van der Waals surface area (Å²) in [6.07, 6.45) is 15.6. The number of nitrogens with one attached hydrogen (secondary N) is 1. The number of ether oxygens (including phenoxy) is 1. The molecule has 3 rings (SSSR count). The van der Waals surface area contributed by atoms with Gasteiger partial charge in [0.2, 0.25) is 0 Å². The minimum absolute atomic E-state index is 0.209. The van der Waals surface area contributed by atoms with E-state index in [0.717, 1.165) is 31.0 Å². The fraction of sp³-hybridized carbons (Fsp3) is 0.531. The lowest BCUT2D eigenvalue weighted by Gasteiger charge is -2.19. The van der Waals surface area contributed by atoms with E-state index < -0.39 is 0 Å². The predicted molar refractivity (Wildman–Crippen MR) is 164 cm³/mol. The summed E-state index contributed by atoms with van der Waals surface area (Å²) in [7, 11) is 0. The van der Waals surface area contributed by atoms with Gasteiger partial charge in [-0.1, -0.05) is 107 Å². The molecule has 0 saturated heterocycles. The van der Waals surface area contributed by atoms with Gasteiger partial charge in [0.1, 0.15) is 0 Å². The zero-order valence-electron chi connectivity index (χ0n) is 23.3. The number of halogens is 1. The molecule has 208 valence electrons. The molecule has 1 aliphatic rings. The maximum absolute atomic E-state index is 13.1. The third-order valence-electron chi connectivity index (χ3n) is 7.02. The lowest BCUT2D eigenvalue weighted by Crippen LogP contribution is -2.17. The van der Waals surface area contributed by atoms with Crippen LogP contribution in [-0.2, 0) is 6.54 Å². The molecule has 6 heteroatoms. The number of benzene rings is 2. The number of anilines is 1. The number of unbranched alkanes of at least 4 members (excludes halogenated alkanes) is 11. The molecule has 2 aromatic carbocycles. The van der Waals surface area contributed by atoms with Gasteiger partial charge < -0.3 is 15.0 Å². The molecule has 1 aliphatic heterocycles. The molecule has 0 fully saturated rings. The highest BCUT2D eigenvalue weighted by Crippen LogP contribution is 2.30. The lowest BCUT2D eigenvalue weighted by molar-refractivity contribution is 0.102. The van der Waals surface area contributed by atoms with Crippen LogP contribution in [0.3, 0.4) is 0 Å². The van der Waals surface area contributed by atoms with Gasteiger partial charge in [-0.15, -0.1) is 11.8 Å². The van der Waals surface area contributed by atoms with Crippen molar-refractivity contribution >= 4 is 35.0 Å². The van der Waals surface area contributed by atoms with Crippen molar-refractivity contribution in [3.05, 3.63) is 69.7 Å². The van der Waals surface area contributed by atoms with Crippen molar-refractivity contribution in [1.82, 2.24) is 4.90 Å². The van der Waals surface area contributed by atoms with Crippen molar-refractivity contribution in [2.75, 3.05) is 17.8 Å². The van der Waals surface area contributed by atoms with Crippen molar-refractivity contribution in [2.24, 2.45) is 0 Å². The fourth-order valence-electron chi connectivity index (χ4n) is 4.66. The Morgan fingerprint density at radius 3 is 2.16 bits per heavy atom. The number of hydrogen-bond acceptors (Lipinski definition) is 4. The Morgan fingerprint density at radius 2 is 1.55 bits per heavy atom. The third kappa shape index (κ3) is 10.6. The molecule has 4 nitrogen and oxygen atoms in total. The van der Waals surface area contributed by atoms with Crippen LogP contribution >= 0.6 is 23.4 Å². The van der Waals surface area contributed by atoms with E-state index in [1.165, 1.54) is 75.5 Å². The molecule has 1 N–H and O–H groups in total. The van der Waals surface area contributed by atoms with Gasteiger partial charge in [-0.25, -0.2) is 0 Å². The van der Waals surface area contributed by atoms with Gasteiger partial charge in [-0.05, 0) is 48.6 Å². The Kier molecular flexibility index (Phi) is 14.0. The van der Waals surface area contributed by atoms with E-state index in [0.29, 0.717) is 22.9 Å². The van der Waals surface area contributed by atoms with Crippen LogP contribution in [0.5, 0.6) is 5.75 Å². The van der Waals surface area contributed by atoms with E-state index in [1.54, 1.807) is 18.2 Å². The second kappa shape index (κ2) is 17.5. The summed E-state index contributed by atoms with van der Waals surface area (Å²) in [5, 5.41) is 5.66. The zero-order valence-corrected chi connectivity index (χ0v) is 24.8. The van der Waals surface area contributed by atoms with E-state index in [2.05, 4.69) is 41.6 Å². The highest BCUT2D eigenvalue weighted by molar-refractivity contribution is 8.02. The molecule has 0 saturated carbocycles. The molecular formula is C32H45ClN2O2S. The first-order valence-electron chi connectivity index (χ1n) is 14.4. The first-order chi connectivity index (χ1) is 18.6. The van der Waals surface area contributed by atoms with Crippen molar-refractivity contribution in [1.29, 1.82) is 0 Å². The number of thioether (sulfide) groups is 1. The number of nitrogens with zero attached hydrogens (tertiary/aromatic N) is 1. The Hall–Kier alpha value is -2.11. The van der Waals surface area contributed by atoms with Crippen molar-refractivity contribution < 1.29 is 9.53 Å². The van der Waals surface area contributed by atoms with E-state index in [9.17, 15) is 4.79 Å². The highest BCUT2D eigenvalue weighted by Gasteiger charge is 2.16. The molecule has 2 aromatic rings. The van der Waals surface area contributed by atoms with Crippen LogP contribution in [0.25, 0.3) is 0 Å². The maximum atomic E-state index is 13.1. The summed E-state index contributed by atoms with van der Waals surface area (Å²) in [4.78, 5) is 15.4. The van der Waals surface area contributed by atoms with Gasteiger partial charge in [0.05, 0.1) is 23.1 Å². The summed E-state index contributed by atoms with van der Waals surface area (Å²) in [5.74, 6) is 1.25. The van der Waals surface area contributed by atoms with Crippen LogP contribution in [0, 0.1) is 0 Å². The number of carbonyl (C=O) groups excluding carboxylic acids is 1. The number of carbonyl (C=O) groups is 1. The Balaban J connectivity index is 1.37. The number of para-hydroxylation sites is 1. The topological polar surface area (TPSA) is 41.6 Å². The standard InChI is InChI=1S/C32H45ClN2O2S/c1-3-4-5-6-7-8-9-10-11-12-13-14-22-37-31-29(16-15-17-30(31)33)32(36)34-28-20-18-27(19-21-28)23-35-25-38-24-26(35)2/h15-21,24H,3-14,22-23,25H2,1-2H3,(H,34,36). The van der Waals surface area contributed by atoms with Crippen LogP contribution in [0.15, 0.2) is 53.6 Å². The largest absolute Gasteiger partial charge is 0.491 e. The average Bonchev–Trinajstić information content (AvgIpc) is 3.32. The van der Waals surface area contributed by atoms with Crippen LogP contribution in [0.4, 0.5) is 5.69 Å². The number of allylic oxidation sites excluding steroid dienone is 1. The second-order valence-electron chi connectivity index (χ2n) is 10.3. The molecule has 0 atom stereocenters. The molecule has 0 radical (unpaired) electrons. The highest BCUT2D eigenvalue weighted by atomic mass is 35.5. The van der Waals surface area contributed by atoms with Crippen molar-refractivity contribution in [3.63, 3.8) is 0 Å². The molecule has 0 bridgehead atoms. The van der Waals surface area contributed by atoms with Crippen molar-refractivity contribution in [3.8, 4) is 5.75 Å². The molecule has 1 amide bonds. The monoisotopic (exact) mass is 556 g/mol. The fourth-order valence-corrected chi connectivity index (χ4v) is 5.83. The van der Waals surface area contributed by atoms with Gasteiger partial charge in [0.15, 0.2) is 5.75 Å². The predicted octanol–water partition coefficient (Wildman–Crippen LogP) is 10.0. The number of hydrogen-bond donors (Lipinski definition) is 1. The summed E-state index contributed by atoms with van der Waals surface area (Å²) < 4.78 is 6.02. The van der Waals surface area contributed by atoms with Crippen molar-refractivity contribution in [2.45, 2.75) is 97.4 Å². The molecule has 38 heavy (non-hydrogen) atoms. The minimum Gasteiger partial charge on any atom is -0.491 e. The first-order valence-corrected chi connectivity index (χ1v) is 15.9. The summed E-state index contributed by atoms with van der Waals surface area (Å²) in [6, 6.07) is 13.4. The molecule has 0 spiro atoms. The second-order valence-corrected chi connectivity index (χ2v) is 11.5. The molecule has 0 aromatic heterocycles. The maximum Gasteiger partial charge on any atom is 0.259 e. The lowest BCUT2D eigenvalue weighted by atomic mass is 10.1. The summed E-state index contributed by atoms with van der Waals surface area (Å²) >= 11 is 8.25. The van der Waals surface area contributed by atoms with E-state index in [1.807, 2.05) is 23.9 Å². The number of amides is 1. The summed E-state index contributed by atoms with van der Waals surface area (Å²) in [6.45, 7) is 5.84. The Morgan fingerprint density at radius 1 is 0.921 bits per heavy atom. The molecule has 1 heterocycles. The SMILES string of the molecule is CCCCCCCCCCCCCCOc1c(Cl)cccc1C(=O)Nc1ccc(CN2CSC=C2C)cc1. The normalized spacial score (nSPS) is 13.0. The van der Waals surface area contributed by atoms with Crippen LogP contribution < -0.4 is 10.1 Å². The Bertz CT molecular complexity index is 1010. The number of rotatable bonds is 18. The Labute approximate surface area is 239 Å². The smallest absolute Gasteiger partial charge is 0.259 e. The quantitative estimate of drug-likeness (QED) is 0.185. The average molecular weight is 557 g/mol. The van der Waals surface area contributed by atoms with Gasteiger partial charge >= 0.3 is 0 Å². The van der Waals surface area contributed by atoms with Crippen LogP contribution in [-0.4, -0.2) is 23.3 Å². The first kappa shape index (κ1) is 30.4.